The van der Waals surface area contributed by atoms with Gasteiger partial charge >= 0.3 is 5.97 Å². The number of carboxylic acid groups (broad SMARTS) is 1. The molecule has 6 nitrogen and oxygen atoms in total. The number of benzene rings is 2. The van der Waals surface area contributed by atoms with Crippen molar-refractivity contribution in [1.29, 1.82) is 0 Å². The van der Waals surface area contributed by atoms with Crippen LogP contribution in [0, 0.1) is 6.92 Å². The molecule has 1 unspecified atom stereocenters. The van der Waals surface area contributed by atoms with Crippen LogP contribution in [-0.2, 0) is 17.9 Å². The maximum absolute atomic E-state index is 11.4. The average molecular weight is 392 g/mol. The zero-order chi connectivity index (χ0) is 20.2. The van der Waals surface area contributed by atoms with Crippen molar-refractivity contribution in [2.24, 2.45) is 0 Å². The number of hydrogen-bond donors (Lipinski definition) is 1. The SMILES string of the molecule is Cc1ccc(-c2nc(COc3cccc(CN4CCCC4C(=O)O)c3)co2)cc1. The Kier molecular flexibility index (Phi) is 5.62. The molecule has 1 atom stereocenters. The number of rotatable bonds is 7. The van der Waals surface area contributed by atoms with Gasteiger partial charge in [0, 0.05) is 12.1 Å². The van der Waals surface area contributed by atoms with Crippen LogP contribution in [0.15, 0.2) is 59.2 Å². The number of ether oxygens (including phenoxy) is 1. The quantitative estimate of drug-likeness (QED) is 0.647. The summed E-state index contributed by atoms with van der Waals surface area (Å²) in [6.07, 6.45) is 3.24. The van der Waals surface area contributed by atoms with Crippen molar-refractivity contribution in [3.8, 4) is 17.2 Å². The minimum absolute atomic E-state index is 0.306. The molecular formula is C23H24N2O4. The smallest absolute Gasteiger partial charge is 0.320 e. The number of likely N-dealkylation sites (tertiary alicyclic amines) is 1. The van der Waals surface area contributed by atoms with E-state index in [2.05, 4.69) is 4.98 Å². The van der Waals surface area contributed by atoms with Crippen molar-refractivity contribution in [3.63, 3.8) is 0 Å². The summed E-state index contributed by atoms with van der Waals surface area (Å²) >= 11 is 0. The third kappa shape index (κ3) is 4.66. The summed E-state index contributed by atoms with van der Waals surface area (Å²) in [6, 6.07) is 15.4. The standard InChI is InChI=1S/C23H24N2O4/c1-16-7-9-18(10-8-16)22-24-19(15-29-22)14-28-20-5-2-4-17(12-20)13-25-11-3-6-21(25)23(26)27/h2,4-5,7-10,12,15,21H,3,6,11,13-14H2,1H3,(H,26,27). The van der Waals surface area contributed by atoms with E-state index in [4.69, 9.17) is 9.15 Å². The summed E-state index contributed by atoms with van der Waals surface area (Å²) in [5.74, 6) is 0.560. The fourth-order valence-corrected chi connectivity index (χ4v) is 3.62. The van der Waals surface area contributed by atoms with E-state index in [-0.39, 0.29) is 0 Å². The van der Waals surface area contributed by atoms with Crippen LogP contribution in [0.5, 0.6) is 5.75 Å². The predicted octanol–water partition coefficient (Wildman–Crippen LogP) is 4.28. The highest BCUT2D eigenvalue weighted by atomic mass is 16.5. The highest BCUT2D eigenvalue weighted by Crippen LogP contribution is 2.23. The fourth-order valence-electron chi connectivity index (χ4n) is 3.62. The van der Waals surface area contributed by atoms with Gasteiger partial charge in [-0.2, -0.15) is 0 Å². The number of aliphatic carboxylic acids is 1. The van der Waals surface area contributed by atoms with Gasteiger partial charge in [-0.25, -0.2) is 4.98 Å². The summed E-state index contributed by atoms with van der Waals surface area (Å²) in [7, 11) is 0. The van der Waals surface area contributed by atoms with Gasteiger partial charge in [-0.15, -0.1) is 0 Å². The second kappa shape index (κ2) is 8.49. The molecule has 2 heterocycles. The molecule has 0 amide bonds. The molecule has 4 rings (SSSR count). The number of aromatic nitrogens is 1. The second-order valence-electron chi connectivity index (χ2n) is 7.41. The first-order valence-corrected chi connectivity index (χ1v) is 9.78. The topological polar surface area (TPSA) is 75.8 Å². The van der Waals surface area contributed by atoms with Crippen LogP contribution in [0.1, 0.15) is 29.7 Å². The number of carbonyl (C=O) groups is 1. The molecule has 0 aliphatic carbocycles. The number of oxazole rings is 1. The molecule has 150 valence electrons. The van der Waals surface area contributed by atoms with Crippen LogP contribution in [0.4, 0.5) is 0 Å². The monoisotopic (exact) mass is 392 g/mol. The lowest BCUT2D eigenvalue weighted by molar-refractivity contribution is -0.142. The lowest BCUT2D eigenvalue weighted by Crippen LogP contribution is -2.35. The van der Waals surface area contributed by atoms with Crippen LogP contribution in [0.2, 0.25) is 0 Å². The van der Waals surface area contributed by atoms with Crippen LogP contribution in [-0.4, -0.2) is 33.5 Å². The van der Waals surface area contributed by atoms with Crippen LogP contribution < -0.4 is 4.74 Å². The van der Waals surface area contributed by atoms with E-state index in [1.165, 1.54) is 5.56 Å². The molecule has 3 aromatic rings. The summed E-state index contributed by atoms with van der Waals surface area (Å²) in [4.78, 5) is 17.9. The maximum Gasteiger partial charge on any atom is 0.320 e. The van der Waals surface area contributed by atoms with Crippen LogP contribution in [0.3, 0.4) is 0 Å². The Morgan fingerprint density at radius 3 is 2.90 bits per heavy atom. The van der Waals surface area contributed by atoms with E-state index in [1.54, 1.807) is 6.26 Å². The van der Waals surface area contributed by atoms with E-state index in [9.17, 15) is 9.90 Å². The Morgan fingerprint density at radius 2 is 2.10 bits per heavy atom. The Labute approximate surface area is 169 Å². The molecule has 0 spiro atoms. The average Bonchev–Trinajstić information content (AvgIpc) is 3.37. The van der Waals surface area contributed by atoms with Gasteiger partial charge in [-0.3, -0.25) is 9.69 Å². The Morgan fingerprint density at radius 1 is 1.28 bits per heavy atom. The molecular weight excluding hydrogens is 368 g/mol. The third-order valence-corrected chi connectivity index (χ3v) is 5.17. The molecule has 1 aliphatic heterocycles. The van der Waals surface area contributed by atoms with E-state index < -0.39 is 12.0 Å². The molecule has 0 radical (unpaired) electrons. The minimum atomic E-state index is -0.745. The fraction of sp³-hybridized carbons (Fsp3) is 0.304. The van der Waals surface area contributed by atoms with Crippen molar-refractivity contribution >= 4 is 5.97 Å². The van der Waals surface area contributed by atoms with Gasteiger partial charge in [0.2, 0.25) is 5.89 Å². The van der Waals surface area contributed by atoms with Gasteiger partial charge < -0.3 is 14.3 Å². The zero-order valence-corrected chi connectivity index (χ0v) is 16.4. The summed E-state index contributed by atoms with van der Waals surface area (Å²) < 4.78 is 11.5. The zero-order valence-electron chi connectivity index (χ0n) is 16.4. The van der Waals surface area contributed by atoms with Crippen molar-refractivity contribution in [2.45, 2.75) is 39.0 Å². The molecule has 2 aromatic carbocycles. The largest absolute Gasteiger partial charge is 0.487 e. The van der Waals surface area contributed by atoms with Crippen molar-refractivity contribution in [1.82, 2.24) is 9.88 Å². The van der Waals surface area contributed by atoms with E-state index in [0.29, 0.717) is 25.5 Å². The highest BCUT2D eigenvalue weighted by Gasteiger charge is 2.30. The molecule has 1 saturated heterocycles. The molecule has 0 saturated carbocycles. The predicted molar refractivity (Wildman–Crippen MR) is 109 cm³/mol. The molecule has 1 fully saturated rings. The molecule has 1 N–H and O–H groups in total. The van der Waals surface area contributed by atoms with Gasteiger partial charge in [0.05, 0.1) is 0 Å². The summed E-state index contributed by atoms with van der Waals surface area (Å²) in [5, 5.41) is 9.34. The number of aryl methyl sites for hydroxylation is 1. The lowest BCUT2D eigenvalue weighted by Gasteiger charge is -2.21. The van der Waals surface area contributed by atoms with Crippen molar-refractivity contribution in [3.05, 3.63) is 71.6 Å². The van der Waals surface area contributed by atoms with Gasteiger partial charge in [0.15, 0.2) is 0 Å². The molecule has 29 heavy (non-hydrogen) atoms. The Bertz CT molecular complexity index is 981. The van der Waals surface area contributed by atoms with Gasteiger partial charge in [-0.1, -0.05) is 29.8 Å². The van der Waals surface area contributed by atoms with E-state index in [0.717, 1.165) is 35.5 Å². The number of carboxylic acids is 1. The maximum atomic E-state index is 11.4. The van der Waals surface area contributed by atoms with Crippen molar-refractivity contribution < 1.29 is 19.1 Å². The Balaban J connectivity index is 1.37. The molecule has 1 aliphatic rings. The summed E-state index contributed by atoms with van der Waals surface area (Å²) in [5.41, 5.74) is 3.88. The highest BCUT2D eigenvalue weighted by molar-refractivity contribution is 5.73. The first-order chi connectivity index (χ1) is 14.1. The third-order valence-electron chi connectivity index (χ3n) is 5.17. The minimum Gasteiger partial charge on any atom is -0.487 e. The second-order valence-corrected chi connectivity index (χ2v) is 7.41. The van der Waals surface area contributed by atoms with E-state index in [1.807, 2.05) is 60.4 Å². The van der Waals surface area contributed by atoms with Crippen molar-refractivity contribution in [2.75, 3.05) is 6.54 Å². The number of hydrogen-bond acceptors (Lipinski definition) is 5. The lowest BCUT2D eigenvalue weighted by atomic mass is 10.1. The first-order valence-electron chi connectivity index (χ1n) is 9.78. The Hall–Kier alpha value is -3.12. The molecule has 1 aromatic heterocycles. The number of nitrogens with zero attached hydrogens (tertiary/aromatic N) is 2. The van der Waals surface area contributed by atoms with Gasteiger partial charge in [0.1, 0.15) is 30.4 Å². The van der Waals surface area contributed by atoms with Crippen LogP contribution in [0.25, 0.3) is 11.5 Å². The molecule has 6 heteroatoms. The van der Waals surface area contributed by atoms with Gasteiger partial charge in [-0.05, 0) is 56.1 Å². The summed E-state index contributed by atoms with van der Waals surface area (Å²) in [6.45, 7) is 3.76. The van der Waals surface area contributed by atoms with Crippen LogP contribution >= 0.6 is 0 Å². The van der Waals surface area contributed by atoms with Gasteiger partial charge in [0.25, 0.3) is 0 Å². The normalized spacial score (nSPS) is 16.8. The van der Waals surface area contributed by atoms with E-state index >= 15 is 0 Å². The first kappa shape index (κ1) is 19.2. The molecule has 0 bridgehead atoms.